The molecular weight excluding hydrogens is 315 g/mol. The zero-order chi connectivity index (χ0) is 15.7. The summed E-state index contributed by atoms with van der Waals surface area (Å²) in [5.74, 6) is 0.634. The summed E-state index contributed by atoms with van der Waals surface area (Å²) in [6.07, 6.45) is -2.46. The molecule has 0 unspecified atom stereocenters. The molecule has 0 saturated heterocycles. The lowest BCUT2D eigenvalue weighted by atomic mass is 10.1. The van der Waals surface area contributed by atoms with Crippen molar-refractivity contribution >= 4 is 11.6 Å². The molecule has 0 aliphatic heterocycles. The minimum Gasteiger partial charge on any atom is -0.406 e. The van der Waals surface area contributed by atoms with Crippen LogP contribution in [-0.4, -0.2) is 11.3 Å². The Labute approximate surface area is 130 Å². The van der Waals surface area contributed by atoms with Gasteiger partial charge in [0.25, 0.3) is 0 Å². The van der Waals surface area contributed by atoms with Crippen LogP contribution >= 0.6 is 11.6 Å². The van der Waals surface area contributed by atoms with Crippen molar-refractivity contribution in [1.29, 1.82) is 0 Å². The van der Waals surface area contributed by atoms with Crippen molar-refractivity contribution in [3.8, 4) is 17.0 Å². The van der Waals surface area contributed by atoms with Gasteiger partial charge in [0.05, 0.1) is 5.69 Å². The number of hydrogen-bond donors (Lipinski definition) is 0. The first-order chi connectivity index (χ1) is 10.5. The highest BCUT2D eigenvalue weighted by molar-refractivity contribution is 6.17. The normalized spacial score (nSPS) is 14.9. The van der Waals surface area contributed by atoms with Crippen molar-refractivity contribution < 1.29 is 17.9 Å². The van der Waals surface area contributed by atoms with Gasteiger partial charge in [-0.05, 0) is 48.7 Å². The van der Waals surface area contributed by atoms with E-state index in [0.717, 1.165) is 35.4 Å². The largest absolute Gasteiger partial charge is 0.573 e. The molecule has 0 atom stereocenters. The van der Waals surface area contributed by atoms with Gasteiger partial charge in [-0.25, -0.2) is 0 Å². The second kappa shape index (κ2) is 5.80. The average Bonchev–Trinajstić information content (AvgIpc) is 3.30. The summed E-state index contributed by atoms with van der Waals surface area (Å²) < 4.78 is 40.3. The molecule has 2 nitrogen and oxygen atoms in total. The summed E-state index contributed by atoms with van der Waals surface area (Å²) in [6, 6.07) is 9.49. The van der Waals surface area contributed by atoms with Gasteiger partial charge in [-0.15, -0.1) is 24.8 Å². The van der Waals surface area contributed by atoms with Gasteiger partial charge in [0.1, 0.15) is 5.75 Å². The Hall–Kier alpha value is -1.75. The molecule has 3 rings (SSSR count). The summed E-state index contributed by atoms with van der Waals surface area (Å²) in [6.45, 7) is 0. The summed E-state index contributed by atoms with van der Waals surface area (Å²) >= 11 is 5.92. The van der Waals surface area contributed by atoms with Crippen LogP contribution in [0.5, 0.6) is 5.75 Å². The second-order valence-electron chi connectivity index (χ2n) is 5.22. The van der Waals surface area contributed by atoms with E-state index in [9.17, 15) is 13.2 Å². The van der Waals surface area contributed by atoms with Gasteiger partial charge in [-0.3, -0.25) is 4.98 Å². The van der Waals surface area contributed by atoms with Gasteiger partial charge < -0.3 is 4.74 Å². The standard InChI is InChI=1S/C16H13ClF3NO/c17-9-12-5-8-14(21-15(12)11-1-2-11)10-3-6-13(7-4-10)22-16(18,19)20/h3-8,11H,1-2,9H2. The molecule has 0 radical (unpaired) electrons. The van der Waals surface area contributed by atoms with E-state index in [0.29, 0.717) is 11.8 Å². The molecule has 1 saturated carbocycles. The fourth-order valence-corrected chi connectivity index (χ4v) is 2.54. The van der Waals surface area contributed by atoms with E-state index in [-0.39, 0.29) is 5.75 Å². The van der Waals surface area contributed by atoms with Crippen LogP contribution in [0.2, 0.25) is 0 Å². The SMILES string of the molecule is FC(F)(F)Oc1ccc(-c2ccc(CCl)c(C3CC3)n2)cc1. The van der Waals surface area contributed by atoms with E-state index in [2.05, 4.69) is 9.72 Å². The van der Waals surface area contributed by atoms with Crippen LogP contribution < -0.4 is 4.74 Å². The molecule has 0 N–H and O–H groups in total. The number of rotatable bonds is 4. The molecule has 0 amide bonds. The number of ether oxygens (including phenoxy) is 1. The van der Waals surface area contributed by atoms with E-state index in [1.807, 2.05) is 12.1 Å². The molecule has 2 aromatic rings. The Balaban J connectivity index is 1.86. The smallest absolute Gasteiger partial charge is 0.406 e. The number of aromatic nitrogens is 1. The minimum absolute atomic E-state index is 0.240. The monoisotopic (exact) mass is 327 g/mol. The molecule has 22 heavy (non-hydrogen) atoms. The number of hydrogen-bond acceptors (Lipinski definition) is 2. The Morgan fingerprint density at radius 2 is 1.77 bits per heavy atom. The highest BCUT2D eigenvalue weighted by Crippen LogP contribution is 2.41. The fraction of sp³-hybridized carbons (Fsp3) is 0.312. The number of alkyl halides is 4. The van der Waals surface area contributed by atoms with Gasteiger partial charge in [-0.2, -0.15) is 0 Å². The van der Waals surface area contributed by atoms with Crippen LogP contribution in [0, 0.1) is 0 Å². The summed E-state index contributed by atoms with van der Waals surface area (Å²) in [5.41, 5.74) is 3.50. The first-order valence-corrected chi connectivity index (χ1v) is 7.41. The number of halogens is 4. The molecule has 6 heteroatoms. The molecule has 0 bridgehead atoms. The van der Waals surface area contributed by atoms with Crippen LogP contribution in [0.25, 0.3) is 11.3 Å². The van der Waals surface area contributed by atoms with E-state index in [1.165, 1.54) is 12.1 Å². The highest BCUT2D eigenvalue weighted by atomic mass is 35.5. The zero-order valence-electron chi connectivity index (χ0n) is 11.5. The Morgan fingerprint density at radius 1 is 1.09 bits per heavy atom. The maximum Gasteiger partial charge on any atom is 0.573 e. The van der Waals surface area contributed by atoms with Crippen molar-refractivity contribution in [2.45, 2.75) is 31.0 Å². The zero-order valence-corrected chi connectivity index (χ0v) is 12.3. The lowest BCUT2D eigenvalue weighted by molar-refractivity contribution is -0.274. The maximum atomic E-state index is 12.1. The third-order valence-corrected chi connectivity index (χ3v) is 3.79. The lowest BCUT2D eigenvalue weighted by Crippen LogP contribution is -2.16. The van der Waals surface area contributed by atoms with Crippen molar-refractivity contribution in [3.63, 3.8) is 0 Å². The lowest BCUT2D eigenvalue weighted by Gasteiger charge is -2.11. The number of pyridine rings is 1. The molecule has 1 aliphatic rings. The van der Waals surface area contributed by atoms with Crippen LogP contribution in [0.15, 0.2) is 36.4 Å². The first kappa shape index (κ1) is 15.2. The van der Waals surface area contributed by atoms with Crippen LogP contribution in [0.1, 0.15) is 30.0 Å². The second-order valence-corrected chi connectivity index (χ2v) is 5.49. The van der Waals surface area contributed by atoms with E-state index in [4.69, 9.17) is 11.6 Å². The third-order valence-electron chi connectivity index (χ3n) is 3.50. The highest BCUT2D eigenvalue weighted by Gasteiger charge is 2.31. The van der Waals surface area contributed by atoms with E-state index < -0.39 is 6.36 Å². The summed E-state index contributed by atoms with van der Waals surface area (Å²) in [7, 11) is 0. The Bertz CT molecular complexity index is 666. The van der Waals surface area contributed by atoms with Gasteiger partial charge in [-0.1, -0.05) is 6.07 Å². The van der Waals surface area contributed by atoms with Crippen molar-refractivity contribution in [2.75, 3.05) is 0 Å². The molecule has 1 aromatic heterocycles. The third kappa shape index (κ3) is 3.53. The summed E-state index contributed by atoms with van der Waals surface area (Å²) in [4.78, 5) is 4.63. The topological polar surface area (TPSA) is 22.1 Å². The van der Waals surface area contributed by atoms with Crippen LogP contribution in [0.3, 0.4) is 0 Å². The number of nitrogens with zero attached hydrogens (tertiary/aromatic N) is 1. The predicted molar refractivity (Wildman–Crippen MR) is 77.9 cm³/mol. The predicted octanol–water partition coefficient (Wildman–Crippen LogP) is 5.26. The van der Waals surface area contributed by atoms with E-state index >= 15 is 0 Å². The van der Waals surface area contributed by atoms with Gasteiger partial charge in [0.15, 0.2) is 0 Å². The fourth-order valence-electron chi connectivity index (χ4n) is 2.32. The van der Waals surface area contributed by atoms with Crippen molar-refractivity contribution in [2.24, 2.45) is 0 Å². The summed E-state index contributed by atoms with van der Waals surface area (Å²) in [5, 5.41) is 0. The Morgan fingerprint density at radius 3 is 2.32 bits per heavy atom. The van der Waals surface area contributed by atoms with E-state index in [1.54, 1.807) is 12.1 Å². The molecule has 1 aromatic carbocycles. The first-order valence-electron chi connectivity index (χ1n) is 6.88. The molecule has 1 fully saturated rings. The molecular formula is C16H13ClF3NO. The quantitative estimate of drug-likeness (QED) is 0.714. The van der Waals surface area contributed by atoms with Crippen LogP contribution in [0.4, 0.5) is 13.2 Å². The van der Waals surface area contributed by atoms with Crippen molar-refractivity contribution in [3.05, 3.63) is 47.7 Å². The van der Waals surface area contributed by atoms with Gasteiger partial charge in [0, 0.05) is 23.1 Å². The number of benzene rings is 1. The molecule has 0 spiro atoms. The maximum absolute atomic E-state index is 12.1. The minimum atomic E-state index is -4.68. The van der Waals surface area contributed by atoms with Gasteiger partial charge in [0.2, 0.25) is 0 Å². The average molecular weight is 328 g/mol. The molecule has 116 valence electrons. The Kier molecular flexibility index (Phi) is 4.00. The molecule has 1 heterocycles. The van der Waals surface area contributed by atoms with Gasteiger partial charge >= 0.3 is 6.36 Å². The molecule has 1 aliphatic carbocycles. The van der Waals surface area contributed by atoms with Crippen LogP contribution in [-0.2, 0) is 5.88 Å². The van der Waals surface area contributed by atoms with Crippen molar-refractivity contribution in [1.82, 2.24) is 4.98 Å².